The topological polar surface area (TPSA) is 26.7 Å². The number of rotatable bonds is 5. The van der Waals surface area contributed by atoms with Crippen molar-refractivity contribution in [1.29, 1.82) is 0 Å². The molecule has 0 spiro atoms. The third-order valence-electron chi connectivity index (χ3n) is 4.02. The van der Waals surface area contributed by atoms with Crippen LogP contribution in [0.1, 0.15) is 38.5 Å². The van der Waals surface area contributed by atoms with Gasteiger partial charge in [-0.1, -0.05) is 6.42 Å². The third kappa shape index (κ3) is 3.44. The Kier molecular flexibility index (Phi) is 5.07. The van der Waals surface area contributed by atoms with E-state index in [0.29, 0.717) is 6.61 Å². The Morgan fingerprint density at radius 2 is 1.81 bits per heavy atom. The molecule has 0 aromatic rings. The van der Waals surface area contributed by atoms with Crippen LogP contribution < -0.4 is 0 Å². The second-order valence-electron chi connectivity index (χ2n) is 5.27. The van der Waals surface area contributed by atoms with Crippen molar-refractivity contribution < 1.29 is 5.11 Å². The van der Waals surface area contributed by atoms with Crippen molar-refractivity contribution in [1.82, 2.24) is 9.80 Å². The largest absolute Gasteiger partial charge is 0.396 e. The number of aliphatic hydroxyl groups excluding tert-OH is 1. The van der Waals surface area contributed by atoms with E-state index < -0.39 is 0 Å². The predicted octanol–water partition coefficient (Wildman–Crippen LogP) is 1.32. The minimum atomic E-state index is 0.340. The van der Waals surface area contributed by atoms with Gasteiger partial charge in [-0.25, -0.2) is 0 Å². The molecule has 2 fully saturated rings. The van der Waals surface area contributed by atoms with Crippen LogP contribution in [0.3, 0.4) is 0 Å². The van der Waals surface area contributed by atoms with Gasteiger partial charge >= 0.3 is 0 Å². The minimum absolute atomic E-state index is 0.340. The van der Waals surface area contributed by atoms with Gasteiger partial charge in [-0.3, -0.25) is 4.90 Å². The van der Waals surface area contributed by atoms with Gasteiger partial charge in [-0.2, -0.15) is 0 Å². The average molecular weight is 226 g/mol. The molecule has 94 valence electrons. The number of hydrogen-bond acceptors (Lipinski definition) is 3. The van der Waals surface area contributed by atoms with Gasteiger partial charge < -0.3 is 10.0 Å². The maximum atomic E-state index is 8.90. The van der Waals surface area contributed by atoms with Crippen LogP contribution in [-0.2, 0) is 0 Å². The summed E-state index contributed by atoms with van der Waals surface area (Å²) in [5.74, 6) is 0. The molecule has 0 aliphatic carbocycles. The number of likely N-dealkylation sites (tertiary alicyclic amines) is 2. The zero-order valence-electron chi connectivity index (χ0n) is 10.4. The quantitative estimate of drug-likeness (QED) is 0.766. The Bertz CT molecular complexity index is 192. The summed E-state index contributed by atoms with van der Waals surface area (Å²) in [6.07, 6.45) is 7.87. The van der Waals surface area contributed by atoms with E-state index in [0.717, 1.165) is 19.0 Å². The molecular formula is C13H26N2O. The highest BCUT2D eigenvalue weighted by Crippen LogP contribution is 2.20. The Morgan fingerprint density at radius 3 is 2.56 bits per heavy atom. The summed E-state index contributed by atoms with van der Waals surface area (Å²) in [6, 6.07) is 0.768. The number of piperidine rings is 1. The minimum Gasteiger partial charge on any atom is -0.396 e. The molecule has 2 aliphatic rings. The van der Waals surface area contributed by atoms with Crippen LogP contribution in [0.2, 0.25) is 0 Å². The number of nitrogens with zero attached hydrogens (tertiary/aromatic N) is 2. The van der Waals surface area contributed by atoms with Crippen LogP contribution >= 0.6 is 0 Å². The SMILES string of the molecule is OCCCN1CCCC1CN1CCCCC1. The molecule has 3 heteroatoms. The molecule has 1 atom stereocenters. The maximum absolute atomic E-state index is 8.90. The van der Waals surface area contributed by atoms with Crippen LogP contribution in [0, 0.1) is 0 Å². The smallest absolute Gasteiger partial charge is 0.0443 e. The zero-order valence-corrected chi connectivity index (χ0v) is 10.4. The van der Waals surface area contributed by atoms with Crippen LogP contribution in [-0.4, -0.2) is 60.3 Å². The molecule has 0 saturated carbocycles. The first-order valence-corrected chi connectivity index (χ1v) is 6.97. The summed E-state index contributed by atoms with van der Waals surface area (Å²) in [6.45, 7) is 6.57. The lowest BCUT2D eigenvalue weighted by Gasteiger charge is -2.32. The Morgan fingerprint density at radius 1 is 1.00 bits per heavy atom. The van der Waals surface area contributed by atoms with E-state index in [2.05, 4.69) is 9.80 Å². The first-order chi connectivity index (χ1) is 7.90. The van der Waals surface area contributed by atoms with Gasteiger partial charge in [0.25, 0.3) is 0 Å². The Labute approximate surface area is 99.4 Å². The standard InChI is InChI=1S/C13H26N2O/c16-11-5-10-15-9-4-6-13(15)12-14-7-2-1-3-8-14/h13,16H,1-12H2. The maximum Gasteiger partial charge on any atom is 0.0443 e. The summed E-state index contributed by atoms with van der Waals surface area (Å²) in [7, 11) is 0. The fourth-order valence-electron chi connectivity index (χ4n) is 3.11. The molecular weight excluding hydrogens is 200 g/mol. The van der Waals surface area contributed by atoms with Crippen molar-refractivity contribution in [2.24, 2.45) is 0 Å². The molecule has 2 aliphatic heterocycles. The van der Waals surface area contributed by atoms with E-state index in [9.17, 15) is 0 Å². The first-order valence-electron chi connectivity index (χ1n) is 6.97. The Balaban J connectivity index is 1.73. The van der Waals surface area contributed by atoms with Gasteiger partial charge in [-0.15, -0.1) is 0 Å². The van der Waals surface area contributed by atoms with E-state index in [-0.39, 0.29) is 0 Å². The van der Waals surface area contributed by atoms with Gasteiger partial charge in [-0.05, 0) is 51.7 Å². The van der Waals surface area contributed by atoms with E-state index in [1.807, 2.05) is 0 Å². The molecule has 2 rings (SSSR count). The van der Waals surface area contributed by atoms with Gasteiger partial charge in [0.1, 0.15) is 0 Å². The summed E-state index contributed by atoms with van der Waals surface area (Å²) >= 11 is 0. The van der Waals surface area contributed by atoms with Gasteiger partial charge in [0.05, 0.1) is 0 Å². The first kappa shape index (κ1) is 12.3. The van der Waals surface area contributed by atoms with Crippen molar-refractivity contribution in [3.63, 3.8) is 0 Å². The van der Waals surface area contributed by atoms with Crippen LogP contribution in [0.15, 0.2) is 0 Å². The Hall–Kier alpha value is -0.120. The monoisotopic (exact) mass is 226 g/mol. The van der Waals surface area contributed by atoms with E-state index >= 15 is 0 Å². The van der Waals surface area contributed by atoms with Crippen molar-refractivity contribution >= 4 is 0 Å². The molecule has 0 bridgehead atoms. The van der Waals surface area contributed by atoms with Crippen LogP contribution in [0.5, 0.6) is 0 Å². The number of aliphatic hydroxyl groups is 1. The second-order valence-corrected chi connectivity index (χ2v) is 5.27. The second kappa shape index (κ2) is 6.58. The lowest BCUT2D eigenvalue weighted by atomic mass is 10.1. The van der Waals surface area contributed by atoms with E-state index in [1.165, 1.54) is 58.3 Å². The summed E-state index contributed by atoms with van der Waals surface area (Å²) in [4.78, 5) is 5.23. The molecule has 16 heavy (non-hydrogen) atoms. The van der Waals surface area contributed by atoms with Crippen molar-refractivity contribution in [2.75, 3.05) is 39.3 Å². The summed E-state index contributed by atoms with van der Waals surface area (Å²) in [5, 5.41) is 8.90. The molecule has 1 N–H and O–H groups in total. The molecule has 2 saturated heterocycles. The van der Waals surface area contributed by atoms with Crippen molar-refractivity contribution in [3.8, 4) is 0 Å². The normalized spacial score (nSPS) is 28.7. The van der Waals surface area contributed by atoms with Crippen molar-refractivity contribution in [3.05, 3.63) is 0 Å². The highest BCUT2D eigenvalue weighted by Gasteiger charge is 2.26. The molecule has 2 heterocycles. The lowest BCUT2D eigenvalue weighted by molar-refractivity contribution is 0.145. The van der Waals surface area contributed by atoms with Crippen LogP contribution in [0.25, 0.3) is 0 Å². The highest BCUT2D eigenvalue weighted by atomic mass is 16.3. The highest BCUT2D eigenvalue weighted by molar-refractivity contribution is 4.82. The van der Waals surface area contributed by atoms with Gasteiger partial charge in [0, 0.05) is 25.7 Å². The lowest BCUT2D eigenvalue weighted by Crippen LogP contribution is -2.42. The van der Waals surface area contributed by atoms with Crippen LogP contribution in [0.4, 0.5) is 0 Å². The molecule has 0 aromatic carbocycles. The third-order valence-corrected chi connectivity index (χ3v) is 4.02. The summed E-state index contributed by atoms with van der Waals surface area (Å²) < 4.78 is 0. The van der Waals surface area contributed by atoms with Crippen molar-refractivity contribution in [2.45, 2.75) is 44.6 Å². The average Bonchev–Trinajstić information content (AvgIpc) is 2.75. The summed E-state index contributed by atoms with van der Waals surface area (Å²) in [5.41, 5.74) is 0. The van der Waals surface area contributed by atoms with E-state index in [1.54, 1.807) is 0 Å². The number of hydrogen-bond donors (Lipinski definition) is 1. The van der Waals surface area contributed by atoms with Gasteiger partial charge in [0.2, 0.25) is 0 Å². The van der Waals surface area contributed by atoms with Gasteiger partial charge in [0.15, 0.2) is 0 Å². The predicted molar refractivity (Wildman–Crippen MR) is 66.6 cm³/mol. The molecule has 0 amide bonds. The molecule has 0 radical (unpaired) electrons. The molecule has 1 unspecified atom stereocenters. The molecule has 0 aromatic heterocycles. The van der Waals surface area contributed by atoms with E-state index in [4.69, 9.17) is 5.11 Å². The fraction of sp³-hybridized carbons (Fsp3) is 1.00. The fourth-order valence-corrected chi connectivity index (χ4v) is 3.11. The molecule has 3 nitrogen and oxygen atoms in total. The zero-order chi connectivity index (χ0) is 11.2.